The van der Waals surface area contributed by atoms with Crippen LogP contribution in [0.3, 0.4) is 0 Å². The highest BCUT2D eigenvalue weighted by Crippen LogP contribution is 2.26. The van der Waals surface area contributed by atoms with E-state index in [1.165, 1.54) is 17.9 Å². The van der Waals surface area contributed by atoms with Crippen molar-refractivity contribution in [3.8, 4) is 5.75 Å². The van der Waals surface area contributed by atoms with E-state index in [9.17, 15) is 9.59 Å². The zero-order valence-corrected chi connectivity index (χ0v) is 14.5. The molecule has 25 heavy (non-hydrogen) atoms. The summed E-state index contributed by atoms with van der Waals surface area (Å²) in [5.74, 6) is -0.386. The minimum absolute atomic E-state index is 0.314. The third-order valence-electron chi connectivity index (χ3n) is 3.84. The third kappa shape index (κ3) is 3.23. The highest BCUT2D eigenvalue weighted by Gasteiger charge is 2.23. The van der Waals surface area contributed by atoms with Gasteiger partial charge in [-0.15, -0.1) is 0 Å². The second-order valence-electron chi connectivity index (χ2n) is 5.45. The Morgan fingerprint density at radius 3 is 2.48 bits per heavy atom. The molecule has 128 valence electrons. The van der Waals surface area contributed by atoms with Crippen LogP contribution in [0.4, 0.5) is 0 Å². The predicted octanol–water partition coefficient (Wildman–Crippen LogP) is 4.19. The molecular formula is C19H16ClNO4. The zero-order valence-electron chi connectivity index (χ0n) is 13.7. The first-order chi connectivity index (χ1) is 12.0. The highest BCUT2D eigenvalue weighted by atomic mass is 35.5. The number of hydrogen-bond donors (Lipinski definition) is 0. The Labute approximate surface area is 149 Å². The number of aromatic nitrogens is 1. The van der Waals surface area contributed by atoms with E-state index in [1.54, 1.807) is 55.5 Å². The molecule has 1 heterocycles. The molecule has 0 unspecified atom stereocenters. The lowest BCUT2D eigenvalue weighted by atomic mass is 10.2. The fraction of sp³-hybridized carbons (Fsp3) is 0.158. The molecule has 2 aromatic carbocycles. The van der Waals surface area contributed by atoms with Crippen molar-refractivity contribution in [3.63, 3.8) is 0 Å². The molecule has 0 saturated carbocycles. The minimum atomic E-state index is -0.791. The summed E-state index contributed by atoms with van der Waals surface area (Å²) in [6, 6.07) is 14.1. The van der Waals surface area contributed by atoms with Crippen molar-refractivity contribution >= 4 is 34.4 Å². The summed E-state index contributed by atoms with van der Waals surface area (Å²) in [6.45, 7) is 1.64. The van der Waals surface area contributed by atoms with Gasteiger partial charge in [-0.1, -0.05) is 41.9 Å². The van der Waals surface area contributed by atoms with E-state index in [2.05, 4.69) is 0 Å². The van der Waals surface area contributed by atoms with Gasteiger partial charge in [-0.25, -0.2) is 4.79 Å². The monoisotopic (exact) mass is 357 g/mol. The van der Waals surface area contributed by atoms with Crippen molar-refractivity contribution < 1.29 is 19.1 Å². The van der Waals surface area contributed by atoms with Crippen LogP contribution in [0.1, 0.15) is 22.1 Å². The lowest BCUT2D eigenvalue weighted by molar-refractivity contribution is 0.0602. The molecule has 0 radical (unpaired) electrons. The van der Waals surface area contributed by atoms with Crippen LogP contribution in [0.2, 0.25) is 5.02 Å². The molecule has 6 heteroatoms. The predicted molar refractivity (Wildman–Crippen MR) is 95.4 cm³/mol. The maximum Gasteiger partial charge on any atom is 0.340 e. The number of hydrogen-bond acceptors (Lipinski definition) is 4. The van der Waals surface area contributed by atoms with Gasteiger partial charge in [-0.05, 0) is 25.1 Å². The van der Waals surface area contributed by atoms with Crippen molar-refractivity contribution in [3.05, 3.63) is 65.3 Å². The highest BCUT2D eigenvalue weighted by molar-refractivity contribution is 6.32. The third-order valence-corrected chi connectivity index (χ3v) is 4.16. The molecule has 0 amide bonds. The molecule has 0 bridgehead atoms. The van der Waals surface area contributed by atoms with Crippen molar-refractivity contribution in [1.29, 1.82) is 0 Å². The Kier molecular flexibility index (Phi) is 4.76. The number of fused-ring (bicyclic) bond motifs is 1. The molecule has 3 aromatic rings. The average molecular weight is 358 g/mol. The summed E-state index contributed by atoms with van der Waals surface area (Å²) in [5, 5.41) is 1.07. The first kappa shape index (κ1) is 17.0. The minimum Gasteiger partial charge on any atom is -0.479 e. The number of rotatable bonds is 4. The zero-order chi connectivity index (χ0) is 18.0. The maximum absolute atomic E-state index is 12.8. The lowest BCUT2D eigenvalue weighted by Crippen LogP contribution is -2.28. The Morgan fingerprint density at radius 1 is 1.08 bits per heavy atom. The van der Waals surface area contributed by atoms with E-state index in [4.69, 9.17) is 21.1 Å². The molecule has 0 aliphatic rings. The Hall–Kier alpha value is -2.79. The van der Waals surface area contributed by atoms with Gasteiger partial charge in [0.15, 0.2) is 6.10 Å². The molecule has 1 aromatic heterocycles. The quantitative estimate of drug-likeness (QED) is 0.657. The van der Waals surface area contributed by atoms with Gasteiger partial charge in [0, 0.05) is 11.6 Å². The fourth-order valence-electron chi connectivity index (χ4n) is 2.61. The van der Waals surface area contributed by atoms with E-state index in [0.29, 0.717) is 27.2 Å². The van der Waals surface area contributed by atoms with Crippen LogP contribution in [0.25, 0.3) is 10.9 Å². The Bertz CT molecular complexity index is 948. The van der Waals surface area contributed by atoms with E-state index >= 15 is 0 Å². The summed E-state index contributed by atoms with van der Waals surface area (Å²) < 4.78 is 11.9. The van der Waals surface area contributed by atoms with Gasteiger partial charge in [0.2, 0.25) is 0 Å². The number of benzene rings is 2. The van der Waals surface area contributed by atoms with Crippen molar-refractivity contribution in [2.45, 2.75) is 13.0 Å². The van der Waals surface area contributed by atoms with Crippen LogP contribution in [0.5, 0.6) is 5.75 Å². The number of methoxy groups -OCH3 is 1. The van der Waals surface area contributed by atoms with E-state index in [0.717, 1.165) is 0 Å². The second kappa shape index (κ2) is 6.99. The van der Waals surface area contributed by atoms with Crippen LogP contribution >= 0.6 is 11.6 Å². The number of para-hydroxylation sites is 2. The Balaban J connectivity index is 1.97. The summed E-state index contributed by atoms with van der Waals surface area (Å²) in [4.78, 5) is 24.8. The summed E-state index contributed by atoms with van der Waals surface area (Å²) in [5.41, 5.74) is 0.943. The average Bonchev–Trinajstić information content (AvgIpc) is 3.02. The summed E-state index contributed by atoms with van der Waals surface area (Å²) in [6.07, 6.45) is 0.687. The van der Waals surface area contributed by atoms with Crippen molar-refractivity contribution in [2.24, 2.45) is 0 Å². The van der Waals surface area contributed by atoms with Crippen LogP contribution in [0.15, 0.2) is 54.7 Å². The van der Waals surface area contributed by atoms with Gasteiger partial charge >= 0.3 is 5.97 Å². The standard InChI is InChI=1S/C19H16ClNO4/c1-12(25-17-10-6-4-8-15(17)20)18(22)21-11-14(19(23)24-2)13-7-3-5-9-16(13)21/h3-12H,1-2H3/t12-/m0/s1. The van der Waals surface area contributed by atoms with Crippen LogP contribution in [-0.4, -0.2) is 29.7 Å². The molecule has 0 spiro atoms. The number of carbonyl (C=O) groups is 2. The molecular weight excluding hydrogens is 342 g/mol. The maximum atomic E-state index is 12.8. The van der Waals surface area contributed by atoms with Crippen molar-refractivity contribution in [1.82, 2.24) is 4.57 Å². The number of esters is 1. The van der Waals surface area contributed by atoms with E-state index in [-0.39, 0.29) is 5.91 Å². The SMILES string of the molecule is COC(=O)c1cn(C(=O)[C@H](C)Oc2ccccc2Cl)c2ccccc12. The molecule has 0 aliphatic carbocycles. The molecule has 0 fully saturated rings. The number of nitrogens with zero attached hydrogens (tertiary/aromatic N) is 1. The van der Waals surface area contributed by atoms with E-state index < -0.39 is 12.1 Å². The fourth-order valence-corrected chi connectivity index (χ4v) is 2.79. The van der Waals surface area contributed by atoms with Crippen LogP contribution < -0.4 is 4.74 Å². The first-order valence-electron chi connectivity index (χ1n) is 7.66. The van der Waals surface area contributed by atoms with Gasteiger partial charge in [-0.2, -0.15) is 0 Å². The number of ether oxygens (including phenoxy) is 2. The number of carbonyl (C=O) groups excluding carboxylic acids is 2. The topological polar surface area (TPSA) is 57.5 Å². The molecule has 5 nitrogen and oxygen atoms in total. The Morgan fingerprint density at radius 2 is 1.76 bits per heavy atom. The summed E-state index contributed by atoms with van der Waals surface area (Å²) >= 11 is 6.07. The lowest BCUT2D eigenvalue weighted by Gasteiger charge is -2.15. The van der Waals surface area contributed by atoms with Crippen LogP contribution in [-0.2, 0) is 4.74 Å². The first-order valence-corrected chi connectivity index (χ1v) is 8.04. The van der Waals surface area contributed by atoms with E-state index in [1.807, 2.05) is 0 Å². The summed E-state index contributed by atoms with van der Waals surface area (Å²) in [7, 11) is 1.30. The van der Waals surface area contributed by atoms with Gasteiger partial charge in [0.05, 0.1) is 23.2 Å². The van der Waals surface area contributed by atoms with Gasteiger partial charge in [0.1, 0.15) is 5.75 Å². The number of halogens is 1. The molecule has 0 N–H and O–H groups in total. The van der Waals surface area contributed by atoms with Crippen LogP contribution in [0, 0.1) is 0 Å². The smallest absolute Gasteiger partial charge is 0.340 e. The molecule has 0 saturated heterocycles. The normalized spacial score (nSPS) is 12.0. The van der Waals surface area contributed by atoms with Crippen molar-refractivity contribution in [2.75, 3.05) is 7.11 Å². The van der Waals surface area contributed by atoms with Gasteiger partial charge < -0.3 is 9.47 Å². The largest absolute Gasteiger partial charge is 0.479 e. The van der Waals surface area contributed by atoms with Gasteiger partial charge in [0.25, 0.3) is 5.91 Å². The molecule has 3 rings (SSSR count). The second-order valence-corrected chi connectivity index (χ2v) is 5.86. The molecule has 1 atom stereocenters. The molecule has 0 aliphatic heterocycles. The van der Waals surface area contributed by atoms with Gasteiger partial charge in [-0.3, -0.25) is 9.36 Å².